The molecule has 21 heavy (non-hydrogen) atoms. The van der Waals surface area contributed by atoms with Gasteiger partial charge in [0.15, 0.2) is 15.1 Å². The Morgan fingerprint density at radius 2 is 2.24 bits per heavy atom. The first kappa shape index (κ1) is 15.0. The van der Waals surface area contributed by atoms with Gasteiger partial charge < -0.3 is 0 Å². The molecule has 0 aliphatic rings. The van der Waals surface area contributed by atoms with Gasteiger partial charge in [-0.05, 0) is 24.8 Å². The SMILES string of the molecule is CC(Cc1cccs1)NS(=O)(=O)c1c(Cl)nc2sccn12. The Hall–Kier alpha value is -0.930. The molecule has 0 bridgehead atoms. The fourth-order valence-electron chi connectivity index (χ4n) is 2.07. The first-order valence-corrected chi connectivity index (χ1v) is 9.75. The van der Waals surface area contributed by atoms with Crippen LogP contribution < -0.4 is 4.72 Å². The summed E-state index contributed by atoms with van der Waals surface area (Å²) in [4.78, 5) is 5.74. The molecule has 3 heterocycles. The van der Waals surface area contributed by atoms with Gasteiger partial charge in [-0.2, -0.15) is 0 Å². The minimum Gasteiger partial charge on any atom is -0.279 e. The number of sulfonamides is 1. The summed E-state index contributed by atoms with van der Waals surface area (Å²) in [5.74, 6) is 0. The molecule has 0 amide bonds. The van der Waals surface area contributed by atoms with Crippen molar-refractivity contribution in [2.45, 2.75) is 24.4 Å². The zero-order chi connectivity index (χ0) is 15.0. The minimum atomic E-state index is -3.72. The van der Waals surface area contributed by atoms with E-state index in [9.17, 15) is 8.42 Å². The van der Waals surface area contributed by atoms with Crippen LogP contribution in [0.3, 0.4) is 0 Å². The third-order valence-corrected chi connectivity index (χ3v) is 6.52. The van der Waals surface area contributed by atoms with Crippen molar-refractivity contribution >= 4 is 49.3 Å². The average molecular weight is 362 g/mol. The second kappa shape index (κ2) is 5.69. The van der Waals surface area contributed by atoms with Crippen LogP contribution in [0.1, 0.15) is 11.8 Å². The standard InChI is InChI=1S/C12H12ClN3O2S3/c1-8(7-9-3-2-5-19-9)15-21(17,18)11-10(13)14-12-16(11)4-6-20-12/h2-6,8,15H,7H2,1H3. The van der Waals surface area contributed by atoms with Gasteiger partial charge in [-0.25, -0.2) is 18.1 Å². The Morgan fingerprint density at radius 1 is 1.43 bits per heavy atom. The third-order valence-electron chi connectivity index (χ3n) is 2.88. The quantitative estimate of drug-likeness (QED) is 0.759. The fraction of sp³-hybridized carbons (Fsp3) is 0.250. The number of fused-ring (bicyclic) bond motifs is 1. The molecule has 3 aromatic heterocycles. The topological polar surface area (TPSA) is 63.5 Å². The maximum atomic E-state index is 12.5. The molecule has 1 N–H and O–H groups in total. The lowest BCUT2D eigenvalue weighted by Crippen LogP contribution is -2.34. The molecule has 9 heteroatoms. The lowest BCUT2D eigenvalue weighted by molar-refractivity contribution is 0.556. The molecule has 0 fully saturated rings. The van der Waals surface area contributed by atoms with Crippen LogP contribution in [0.4, 0.5) is 0 Å². The van der Waals surface area contributed by atoms with Crippen molar-refractivity contribution in [1.29, 1.82) is 0 Å². The molecule has 0 aromatic carbocycles. The van der Waals surface area contributed by atoms with E-state index >= 15 is 0 Å². The highest BCUT2D eigenvalue weighted by Crippen LogP contribution is 2.25. The average Bonchev–Trinajstić information content (AvgIpc) is 3.04. The largest absolute Gasteiger partial charge is 0.279 e. The molecule has 0 radical (unpaired) electrons. The van der Waals surface area contributed by atoms with E-state index in [2.05, 4.69) is 9.71 Å². The molecule has 0 saturated heterocycles. The maximum Gasteiger partial charge on any atom is 0.260 e. The van der Waals surface area contributed by atoms with E-state index in [0.29, 0.717) is 11.4 Å². The maximum absolute atomic E-state index is 12.5. The number of halogens is 1. The summed E-state index contributed by atoms with van der Waals surface area (Å²) in [7, 11) is -3.72. The number of rotatable bonds is 5. The summed E-state index contributed by atoms with van der Waals surface area (Å²) in [6.07, 6.45) is 2.29. The van der Waals surface area contributed by atoms with Crippen molar-refractivity contribution in [1.82, 2.24) is 14.1 Å². The van der Waals surface area contributed by atoms with Gasteiger partial charge in [0.05, 0.1) is 0 Å². The highest BCUT2D eigenvalue weighted by Gasteiger charge is 2.26. The number of aromatic nitrogens is 2. The lowest BCUT2D eigenvalue weighted by atomic mass is 10.2. The number of imidazole rings is 1. The number of nitrogens with one attached hydrogen (secondary N) is 1. The van der Waals surface area contributed by atoms with Crippen molar-refractivity contribution in [3.63, 3.8) is 0 Å². The minimum absolute atomic E-state index is 0.00144. The van der Waals surface area contributed by atoms with Gasteiger partial charge in [-0.15, -0.1) is 22.7 Å². The zero-order valence-electron chi connectivity index (χ0n) is 11.0. The van der Waals surface area contributed by atoms with Crippen LogP contribution in [0, 0.1) is 0 Å². The van der Waals surface area contributed by atoms with Gasteiger partial charge >= 0.3 is 0 Å². The highest BCUT2D eigenvalue weighted by atomic mass is 35.5. The lowest BCUT2D eigenvalue weighted by Gasteiger charge is -2.13. The van der Waals surface area contributed by atoms with Crippen LogP contribution in [-0.2, 0) is 16.4 Å². The second-order valence-electron chi connectivity index (χ2n) is 4.57. The van der Waals surface area contributed by atoms with Crippen LogP contribution in [0.25, 0.3) is 4.96 Å². The number of thiophene rings is 1. The van der Waals surface area contributed by atoms with Crippen molar-refractivity contribution in [3.8, 4) is 0 Å². The van der Waals surface area contributed by atoms with E-state index in [4.69, 9.17) is 11.6 Å². The molecule has 1 unspecified atom stereocenters. The molecule has 1 atom stereocenters. The zero-order valence-corrected chi connectivity index (χ0v) is 14.2. The molecule has 5 nitrogen and oxygen atoms in total. The third kappa shape index (κ3) is 3.00. The summed E-state index contributed by atoms with van der Waals surface area (Å²) >= 11 is 8.92. The highest BCUT2D eigenvalue weighted by molar-refractivity contribution is 7.89. The Bertz CT molecular complexity index is 852. The van der Waals surface area contributed by atoms with Gasteiger partial charge in [0, 0.05) is 22.5 Å². The van der Waals surface area contributed by atoms with Gasteiger partial charge in [-0.3, -0.25) is 4.40 Å². The van der Waals surface area contributed by atoms with E-state index in [1.54, 1.807) is 22.9 Å². The summed E-state index contributed by atoms with van der Waals surface area (Å²) in [6.45, 7) is 1.83. The van der Waals surface area contributed by atoms with Crippen molar-refractivity contribution in [2.75, 3.05) is 0 Å². The number of thiazole rings is 1. The number of hydrogen-bond donors (Lipinski definition) is 1. The second-order valence-corrected chi connectivity index (χ2v) is 8.46. The predicted molar refractivity (Wildman–Crippen MR) is 85.9 cm³/mol. The van der Waals surface area contributed by atoms with Crippen LogP contribution >= 0.6 is 34.3 Å². The number of nitrogens with zero attached hydrogens (tertiary/aromatic N) is 2. The Labute approximate surface area is 135 Å². The van der Waals surface area contributed by atoms with Crippen LogP contribution in [0.5, 0.6) is 0 Å². The fourth-order valence-corrected chi connectivity index (χ4v) is 5.60. The van der Waals surface area contributed by atoms with Crippen molar-refractivity contribution in [2.24, 2.45) is 0 Å². The first-order chi connectivity index (χ1) is 9.97. The van der Waals surface area contributed by atoms with Crippen LogP contribution in [-0.4, -0.2) is 23.8 Å². The van der Waals surface area contributed by atoms with Gasteiger partial charge in [0.2, 0.25) is 0 Å². The molecule has 3 rings (SSSR count). The predicted octanol–water partition coefficient (Wildman–Crippen LogP) is 3.02. The molecule has 3 aromatic rings. The van der Waals surface area contributed by atoms with E-state index in [1.807, 2.05) is 24.4 Å². The molecule has 0 saturated carbocycles. The Morgan fingerprint density at radius 3 is 2.95 bits per heavy atom. The first-order valence-electron chi connectivity index (χ1n) is 6.13. The molecular weight excluding hydrogens is 350 g/mol. The van der Waals surface area contributed by atoms with E-state index in [-0.39, 0.29) is 16.2 Å². The van der Waals surface area contributed by atoms with Crippen molar-refractivity contribution < 1.29 is 8.42 Å². The van der Waals surface area contributed by atoms with Crippen LogP contribution in [0.15, 0.2) is 34.1 Å². The number of hydrogen-bond acceptors (Lipinski definition) is 5. The summed E-state index contributed by atoms with van der Waals surface area (Å²) in [6, 6.07) is 3.70. The summed E-state index contributed by atoms with van der Waals surface area (Å²) < 4.78 is 29.2. The van der Waals surface area contributed by atoms with E-state index in [0.717, 1.165) is 4.88 Å². The van der Waals surface area contributed by atoms with Crippen molar-refractivity contribution in [3.05, 3.63) is 39.1 Å². The van der Waals surface area contributed by atoms with Gasteiger partial charge in [0.25, 0.3) is 10.0 Å². The molecular formula is C12H12ClN3O2S3. The van der Waals surface area contributed by atoms with Gasteiger partial charge in [0.1, 0.15) is 0 Å². The van der Waals surface area contributed by atoms with E-state index in [1.165, 1.54) is 15.7 Å². The normalized spacial score (nSPS) is 13.8. The monoisotopic (exact) mass is 361 g/mol. The Balaban J connectivity index is 1.86. The Kier molecular flexibility index (Phi) is 4.06. The van der Waals surface area contributed by atoms with Gasteiger partial charge in [-0.1, -0.05) is 17.7 Å². The summed E-state index contributed by atoms with van der Waals surface area (Å²) in [5.41, 5.74) is 0. The molecule has 112 valence electrons. The smallest absolute Gasteiger partial charge is 0.260 e. The summed E-state index contributed by atoms with van der Waals surface area (Å²) in [5, 5.41) is 3.74. The molecule has 0 spiro atoms. The molecule has 0 aliphatic heterocycles. The van der Waals surface area contributed by atoms with E-state index < -0.39 is 10.0 Å². The van der Waals surface area contributed by atoms with Crippen LogP contribution in [0.2, 0.25) is 5.15 Å². The molecule has 0 aliphatic carbocycles.